The van der Waals surface area contributed by atoms with Crippen molar-refractivity contribution in [2.75, 3.05) is 13.1 Å². The normalized spacial score (nSPS) is 17.1. The monoisotopic (exact) mass is 457 g/mol. The van der Waals surface area contributed by atoms with Crippen LogP contribution in [0.5, 0.6) is 0 Å². The maximum absolute atomic E-state index is 13.0. The molecule has 1 aromatic heterocycles. The van der Waals surface area contributed by atoms with E-state index in [1.54, 1.807) is 11.0 Å². The van der Waals surface area contributed by atoms with Gasteiger partial charge in [-0.15, -0.1) is 0 Å². The third-order valence-corrected chi connectivity index (χ3v) is 6.93. The molecule has 0 aliphatic carbocycles. The molecular formula is C26H23N3O3S. The molecule has 1 fully saturated rings. The van der Waals surface area contributed by atoms with Crippen molar-refractivity contribution in [3.8, 4) is 5.69 Å². The SMILES string of the molecule is Cc1ccc(-n2cccc2/C=C2\SC(=O)N(CC(=O)N3CCc4ccccc4C3)C2=O)cc1. The second-order valence-corrected chi connectivity index (χ2v) is 9.23. The van der Waals surface area contributed by atoms with Crippen LogP contribution in [0.1, 0.15) is 22.4 Å². The van der Waals surface area contributed by atoms with Crippen LogP contribution in [0.15, 0.2) is 71.8 Å². The molecule has 2 aromatic carbocycles. The van der Waals surface area contributed by atoms with Crippen LogP contribution in [0.3, 0.4) is 0 Å². The van der Waals surface area contributed by atoms with Crippen molar-refractivity contribution in [3.05, 3.63) is 94.1 Å². The minimum Gasteiger partial charge on any atom is -0.336 e. The molecule has 3 heterocycles. The molecule has 6 nitrogen and oxygen atoms in total. The van der Waals surface area contributed by atoms with Crippen LogP contribution >= 0.6 is 11.8 Å². The summed E-state index contributed by atoms with van der Waals surface area (Å²) in [4.78, 5) is 41.6. The van der Waals surface area contributed by atoms with Crippen LogP contribution in [0.2, 0.25) is 0 Å². The lowest BCUT2D eigenvalue weighted by Gasteiger charge is -2.29. The molecule has 5 rings (SSSR count). The fraction of sp³-hybridized carbons (Fsp3) is 0.192. The fourth-order valence-electron chi connectivity index (χ4n) is 4.17. The second kappa shape index (κ2) is 8.75. The van der Waals surface area contributed by atoms with Gasteiger partial charge in [-0.1, -0.05) is 42.0 Å². The highest BCUT2D eigenvalue weighted by Gasteiger charge is 2.37. The molecule has 33 heavy (non-hydrogen) atoms. The number of fused-ring (bicyclic) bond motifs is 1. The van der Waals surface area contributed by atoms with Crippen molar-refractivity contribution >= 4 is 34.9 Å². The lowest BCUT2D eigenvalue weighted by molar-refractivity contribution is -0.136. The molecule has 3 aromatic rings. The number of imide groups is 1. The molecule has 0 saturated carbocycles. The van der Waals surface area contributed by atoms with Gasteiger partial charge in [0.1, 0.15) is 6.54 Å². The number of thioether (sulfide) groups is 1. The number of carbonyl (C=O) groups excluding carboxylic acids is 3. The summed E-state index contributed by atoms with van der Waals surface area (Å²) >= 11 is 0.878. The summed E-state index contributed by atoms with van der Waals surface area (Å²) in [6, 6.07) is 19.9. The van der Waals surface area contributed by atoms with Gasteiger partial charge >= 0.3 is 0 Å². The van der Waals surface area contributed by atoms with Gasteiger partial charge in [0.25, 0.3) is 11.1 Å². The number of rotatable bonds is 4. The lowest BCUT2D eigenvalue weighted by atomic mass is 10.00. The summed E-state index contributed by atoms with van der Waals surface area (Å²) in [7, 11) is 0. The molecule has 3 amide bonds. The third-order valence-electron chi connectivity index (χ3n) is 6.02. The smallest absolute Gasteiger partial charge is 0.294 e. The zero-order valence-corrected chi connectivity index (χ0v) is 19.0. The Kier molecular flexibility index (Phi) is 5.64. The molecule has 2 aliphatic rings. The summed E-state index contributed by atoms with van der Waals surface area (Å²) in [5, 5.41) is -0.412. The third kappa shape index (κ3) is 4.24. The number of benzene rings is 2. The van der Waals surface area contributed by atoms with Crippen molar-refractivity contribution < 1.29 is 14.4 Å². The summed E-state index contributed by atoms with van der Waals surface area (Å²) in [5.41, 5.74) is 5.28. The van der Waals surface area contributed by atoms with Crippen LogP contribution in [0.4, 0.5) is 4.79 Å². The highest BCUT2D eigenvalue weighted by molar-refractivity contribution is 8.18. The van der Waals surface area contributed by atoms with Crippen molar-refractivity contribution in [1.29, 1.82) is 0 Å². The molecule has 0 N–H and O–H groups in total. The average Bonchev–Trinajstić information content (AvgIpc) is 3.39. The lowest BCUT2D eigenvalue weighted by Crippen LogP contribution is -2.44. The van der Waals surface area contributed by atoms with Crippen molar-refractivity contribution in [2.45, 2.75) is 19.9 Å². The Hall–Kier alpha value is -3.58. The largest absolute Gasteiger partial charge is 0.336 e. The molecule has 0 spiro atoms. The minimum absolute atomic E-state index is 0.212. The first kappa shape index (κ1) is 21.3. The van der Waals surface area contributed by atoms with Crippen LogP contribution in [-0.2, 0) is 22.6 Å². The molecule has 1 saturated heterocycles. The highest BCUT2D eigenvalue weighted by Crippen LogP contribution is 2.33. The van der Waals surface area contributed by atoms with Crippen molar-refractivity contribution in [3.63, 3.8) is 0 Å². The molecular weight excluding hydrogens is 434 g/mol. The summed E-state index contributed by atoms with van der Waals surface area (Å²) in [5.74, 6) is -0.636. The van der Waals surface area contributed by atoms with Gasteiger partial charge in [-0.2, -0.15) is 0 Å². The summed E-state index contributed by atoms with van der Waals surface area (Å²) < 4.78 is 1.96. The van der Waals surface area contributed by atoms with Gasteiger partial charge < -0.3 is 9.47 Å². The number of hydrogen-bond donors (Lipinski definition) is 0. The predicted octanol–water partition coefficient (Wildman–Crippen LogP) is 4.41. The maximum Gasteiger partial charge on any atom is 0.294 e. The molecule has 2 aliphatic heterocycles. The molecule has 0 radical (unpaired) electrons. The number of carbonyl (C=O) groups is 3. The zero-order valence-electron chi connectivity index (χ0n) is 18.2. The Morgan fingerprint density at radius 3 is 2.55 bits per heavy atom. The minimum atomic E-state index is -0.424. The summed E-state index contributed by atoms with van der Waals surface area (Å²) in [6.45, 7) is 2.89. The number of nitrogens with zero attached hydrogens (tertiary/aromatic N) is 3. The van der Waals surface area contributed by atoms with E-state index < -0.39 is 11.1 Å². The molecule has 0 bridgehead atoms. The van der Waals surface area contributed by atoms with Crippen LogP contribution in [0, 0.1) is 6.92 Å². The molecule has 0 atom stereocenters. The van der Waals surface area contributed by atoms with E-state index in [2.05, 4.69) is 6.07 Å². The predicted molar refractivity (Wildman–Crippen MR) is 129 cm³/mol. The molecule has 166 valence electrons. The fourth-order valence-corrected chi connectivity index (χ4v) is 4.99. The number of hydrogen-bond acceptors (Lipinski definition) is 4. The maximum atomic E-state index is 13.0. The standard InChI is InChI=1S/C26H23N3O3S/c1-18-8-10-21(11-9-18)28-13-4-7-22(28)15-23-25(31)29(26(32)33-23)17-24(30)27-14-12-19-5-2-3-6-20(19)16-27/h2-11,13,15H,12,14,16-17H2,1H3/b23-15-. The van der Waals surface area contributed by atoms with E-state index in [1.807, 2.05) is 72.3 Å². The van der Waals surface area contributed by atoms with E-state index in [0.717, 1.165) is 45.6 Å². The van der Waals surface area contributed by atoms with Gasteiger partial charge in [0.15, 0.2) is 0 Å². The van der Waals surface area contributed by atoms with E-state index in [-0.39, 0.29) is 12.5 Å². The first-order valence-corrected chi connectivity index (χ1v) is 11.7. The first-order chi connectivity index (χ1) is 16.0. The van der Waals surface area contributed by atoms with Gasteiger partial charge in [-0.3, -0.25) is 19.3 Å². The van der Waals surface area contributed by atoms with E-state index in [4.69, 9.17) is 0 Å². The van der Waals surface area contributed by atoms with E-state index in [1.165, 1.54) is 5.56 Å². The highest BCUT2D eigenvalue weighted by atomic mass is 32.2. The van der Waals surface area contributed by atoms with Crippen molar-refractivity contribution in [1.82, 2.24) is 14.4 Å². The molecule has 7 heteroatoms. The van der Waals surface area contributed by atoms with Gasteiger partial charge in [0.2, 0.25) is 5.91 Å². The first-order valence-electron chi connectivity index (χ1n) is 10.8. The Balaban J connectivity index is 1.31. The van der Waals surface area contributed by atoms with Crippen LogP contribution in [0.25, 0.3) is 11.8 Å². The van der Waals surface area contributed by atoms with Gasteiger partial charge in [-0.25, -0.2) is 0 Å². The van der Waals surface area contributed by atoms with Gasteiger partial charge in [-0.05, 0) is 66.6 Å². The van der Waals surface area contributed by atoms with Crippen LogP contribution in [-0.4, -0.2) is 44.5 Å². The molecule has 0 unspecified atom stereocenters. The number of aryl methyl sites for hydroxylation is 1. The van der Waals surface area contributed by atoms with Gasteiger partial charge in [0.05, 0.1) is 4.91 Å². The quantitative estimate of drug-likeness (QED) is 0.545. The van der Waals surface area contributed by atoms with Gasteiger partial charge in [0, 0.05) is 30.7 Å². The zero-order chi connectivity index (χ0) is 22.9. The van der Waals surface area contributed by atoms with Crippen LogP contribution < -0.4 is 0 Å². The topological polar surface area (TPSA) is 62.6 Å². The number of aromatic nitrogens is 1. The Bertz CT molecular complexity index is 1280. The van der Waals surface area contributed by atoms with Crippen molar-refractivity contribution in [2.24, 2.45) is 0 Å². The second-order valence-electron chi connectivity index (χ2n) is 8.24. The van der Waals surface area contributed by atoms with E-state index in [0.29, 0.717) is 18.0 Å². The summed E-state index contributed by atoms with van der Waals surface area (Å²) in [6.07, 6.45) is 4.41. The Labute approximate surface area is 196 Å². The number of amides is 3. The van der Waals surface area contributed by atoms with E-state index >= 15 is 0 Å². The Morgan fingerprint density at radius 1 is 1.00 bits per heavy atom. The van der Waals surface area contributed by atoms with E-state index in [9.17, 15) is 14.4 Å². The average molecular weight is 458 g/mol. The Morgan fingerprint density at radius 2 is 1.76 bits per heavy atom.